The van der Waals surface area contributed by atoms with Crippen LogP contribution in [-0.2, 0) is 0 Å². The fourth-order valence-corrected chi connectivity index (χ4v) is 1.02. The van der Waals surface area contributed by atoms with E-state index in [1.807, 2.05) is 24.3 Å². The Balaban J connectivity index is 3.06. The van der Waals surface area contributed by atoms with E-state index in [4.69, 9.17) is 5.73 Å². The van der Waals surface area contributed by atoms with Gasteiger partial charge in [-0.3, -0.25) is 4.99 Å². The van der Waals surface area contributed by atoms with Crippen LogP contribution in [0.25, 0.3) is 0 Å². The number of thiol groups is 1. The Hall–Kier alpha value is -0.960. The third-order valence-electron chi connectivity index (χ3n) is 1.38. The highest BCUT2D eigenvalue weighted by atomic mass is 32.1. The van der Waals surface area contributed by atoms with Gasteiger partial charge in [-0.05, 0) is 12.1 Å². The minimum Gasteiger partial charge on any atom is -0.384 e. The number of benzene rings is 1. The average molecular weight is 166 g/mol. The highest BCUT2D eigenvalue weighted by Crippen LogP contribution is 2.07. The van der Waals surface area contributed by atoms with Gasteiger partial charge >= 0.3 is 0 Å². The van der Waals surface area contributed by atoms with Crippen LogP contribution in [-0.4, -0.2) is 12.9 Å². The van der Waals surface area contributed by atoms with E-state index in [-0.39, 0.29) is 0 Å². The van der Waals surface area contributed by atoms with Crippen LogP contribution in [0.3, 0.4) is 0 Å². The fraction of sp³-hybridized carbons (Fsp3) is 0.125. The molecule has 0 fully saturated rings. The molecule has 1 rings (SSSR count). The van der Waals surface area contributed by atoms with Gasteiger partial charge in [-0.15, -0.1) is 12.6 Å². The first-order chi connectivity index (χ1) is 5.24. The predicted octanol–water partition coefficient (Wildman–Crippen LogP) is 1.31. The second kappa shape index (κ2) is 3.44. The number of nitrogens with zero attached hydrogens (tertiary/aromatic N) is 1. The Kier molecular flexibility index (Phi) is 2.54. The van der Waals surface area contributed by atoms with Crippen LogP contribution >= 0.6 is 12.6 Å². The Morgan fingerprint density at radius 2 is 2.27 bits per heavy atom. The first kappa shape index (κ1) is 8.14. The first-order valence-corrected chi connectivity index (χ1v) is 3.70. The van der Waals surface area contributed by atoms with Crippen LogP contribution < -0.4 is 5.73 Å². The normalized spacial score (nSPS) is 11.6. The Morgan fingerprint density at radius 3 is 2.82 bits per heavy atom. The summed E-state index contributed by atoms with van der Waals surface area (Å²) in [6, 6.07) is 7.58. The van der Waals surface area contributed by atoms with E-state index < -0.39 is 0 Å². The smallest absolute Gasteiger partial charge is 0.125 e. The molecule has 0 spiro atoms. The molecule has 1 aromatic rings. The molecule has 0 atom stereocenters. The zero-order valence-electron chi connectivity index (χ0n) is 6.28. The zero-order chi connectivity index (χ0) is 8.27. The minimum absolute atomic E-state index is 0.543. The quantitative estimate of drug-likeness (QED) is 0.368. The molecule has 0 heterocycles. The van der Waals surface area contributed by atoms with Gasteiger partial charge in [0.05, 0.1) is 0 Å². The molecule has 58 valence electrons. The molecule has 0 aromatic heterocycles. The van der Waals surface area contributed by atoms with Crippen molar-refractivity contribution >= 4 is 18.5 Å². The predicted molar refractivity (Wildman–Crippen MR) is 50.3 cm³/mol. The van der Waals surface area contributed by atoms with Crippen LogP contribution in [0.5, 0.6) is 0 Å². The standard InChI is InChI=1S/C8H10N2S/c1-10-8(9)6-3-2-4-7(11)5-6/h2-5,11H,1H3,(H2,9,10). The van der Waals surface area contributed by atoms with Gasteiger partial charge in [0.2, 0.25) is 0 Å². The van der Waals surface area contributed by atoms with E-state index in [1.54, 1.807) is 7.05 Å². The summed E-state index contributed by atoms with van der Waals surface area (Å²) in [4.78, 5) is 4.76. The maximum atomic E-state index is 5.58. The molecule has 2 N–H and O–H groups in total. The molecule has 0 unspecified atom stereocenters. The summed E-state index contributed by atoms with van der Waals surface area (Å²) in [7, 11) is 1.67. The van der Waals surface area contributed by atoms with Crippen LogP contribution in [0.4, 0.5) is 0 Å². The summed E-state index contributed by atoms with van der Waals surface area (Å²) < 4.78 is 0. The molecule has 0 saturated carbocycles. The molecule has 0 saturated heterocycles. The minimum atomic E-state index is 0.543. The second-order valence-electron chi connectivity index (χ2n) is 2.16. The van der Waals surface area contributed by atoms with Crippen molar-refractivity contribution in [3.05, 3.63) is 29.8 Å². The summed E-state index contributed by atoms with van der Waals surface area (Å²) in [6.45, 7) is 0. The number of hydrogen-bond acceptors (Lipinski definition) is 2. The number of nitrogens with two attached hydrogens (primary N) is 1. The molecular formula is C8H10N2S. The second-order valence-corrected chi connectivity index (χ2v) is 2.68. The lowest BCUT2D eigenvalue weighted by atomic mass is 10.2. The third kappa shape index (κ3) is 1.98. The number of hydrogen-bond donors (Lipinski definition) is 2. The van der Waals surface area contributed by atoms with Gasteiger partial charge in [-0.2, -0.15) is 0 Å². The van der Waals surface area contributed by atoms with E-state index >= 15 is 0 Å². The van der Waals surface area contributed by atoms with Crippen molar-refractivity contribution < 1.29 is 0 Å². The van der Waals surface area contributed by atoms with Crippen molar-refractivity contribution in [2.45, 2.75) is 4.90 Å². The topological polar surface area (TPSA) is 38.4 Å². The van der Waals surface area contributed by atoms with E-state index in [0.717, 1.165) is 10.5 Å². The fourth-order valence-electron chi connectivity index (χ4n) is 0.794. The van der Waals surface area contributed by atoms with Crippen LogP contribution in [0, 0.1) is 0 Å². The van der Waals surface area contributed by atoms with Gasteiger partial charge in [0.1, 0.15) is 5.84 Å². The van der Waals surface area contributed by atoms with Crippen molar-refractivity contribution in [3.63, 3.8) is 0 Å². The van der Waals surface area contributed by atoms with Gasteiger partial charge in [-0.1, -0.05) is 12.1 Å². The number of aliphatic imine (C=N–C) groups is 1. The van der Waals surface area contributed by atoms with Gasteiger partial charge < -0.3 is 5.73 Å². The van der Waals surface area contributed by atoms with Crippen molar-refractivity contribution in [2.75, 3.05) is 7.05 Å². The molecule has 3 heteroatoms. The monoisotopic (exact) mass is 166 g/mol. The maximum Gasteiger partial charge on any atom is 0.125 e. The summed E-state index contributed by atoms with van der Waals surface area (Å²) in [5, 5.41) is 0. The molecule has 0 aliphatic heterocycles. The van der Waals surface area contributed by atoms with Crippen molar-refractivity contribution in [3.8, 4) is 0 Å². The Labute approximate surface area is 71.6 Å². The van der Waals surface area contributed by atoms with Crippen LogP contribution in [0.15, 0.2) is 34.2 Å². The molecule has 2 nitrogen and oxygen atoms in total. The van der Waals surface area contributed by atoms with Crippen LogP contribution in [0.2, 0.25) is 0 Å². The third-order valence-corrected chi connectivity index (χ3v) is 1.66. The number of rotatable bonds is 1. The average Bonchev–Trinajstić information content (AvgIpc) is 2.03. The summed E-state index contributed by atoms with van der Waals surface area (Å²) in [5.74, 6) is 0.543. The van der Waals surface area contributed by atoms with E-state index in [2.05, 4.69) is 17.6 Å². The van der Waals surface area contributed by atoms with E-state index in [9.17, 15) is 0 Å². The molecule has 1 aromatic carbocycles. The molecule has 0 aliphatic rings. The highest BCUT2D eigenvalue weighted by molar-refractivity contribution is 7.80. The summed E-state index contributed by atoms with van der Waals surface area (Å²) in [5.41, 5.74) is 6.50. The molecule has 0 amide bonds. The molecule has 0 aliphatic carbocycles. The largest absolute Gasteiger partial charge is 0.384 e. The van der Waals surface area contributed by atoms with Crippen LogP contribution in [0.1, 0.15) is 5.56 Å². The summed E-state index contributed by atoms with van der Waals surface area (Å²) >= 11 is 4.18. The maximum absolute atomic E-state index is 5.58. The lowest BCUT2D eigenvalue weighted by molar-refractivity contribution is 1.37. The van der Waals surface area contributed by atoms with E-state index in [1.165, 1.54) is 0 Å². The molecule has 0 radical (unpaired) electrons. The molecule has 0 bridgehead atoms. The molecular weight excluding hydrogens is 156 g/mol. The van der Waals surface area contributed by atoms with Crippen molar-refractivity contribution in [2.24, 2.45) is 10.7 Å². The van der Waals surface area contributed by atoms with Gasteiger partial charge in [0.25, 0.3) is 0 Å². The van der Waals surface area contributed by atoms with Gasteiger partial charge in [-0.25, -0.2) is 0 Å². The van der Waals surface area contributed by atoms with Crippen molar-refractivity contribution in [1.82, 2.24) is 0 Å². The van der Waals surface area contributed by atoms with E-state index in [0.29, 0.717) is 5.84 Å². The SMILES string of the molecule is CN=C(N)c1cccc(S)c1. The Morgan fingerprint density at radius 1 is 1.55 bits per heavy atom. The lowest BCUT2D eigenvalue weighted by Gasteiger charge is -1.98. The number of amidine groups is 1. The highest BCUT2D eigenvalue weighted by Gasteiger charge is 1.95. The lowest BCUT2D eigenvalue weighted by Crippen LogP contribution is -2.12. The first-order valence-electron chi connectivity index (χ1n) is 3.25. The zero-order valence-corrected chi connectivity index (χ0v) is 7.18. The van der Waals surface area contributed by atoms with Gasteiger partial charge in [0.15, 0.2) is 0 Å². The van der Waals surface area contributed by atoms with Gasteiger partial charge in [0, 0.05) is 17.5 Å². The summed E-state index contributed by atoms with van der Waals surface area (Å²) in [6.07, 6.45) is 0. The van der Waals surface area contributed by atoms with Crippen molar-refractivity contribution in [1.29, 1.82) is 0 Å². The molecule has 11 heavy (non-hydrogen) atoms. The Bertz CT molecular complexity index is 281.